The maximum Gasteiger partial charge on any atom is 1.00 e. The van der Waals surface area contributed by atoms with E-state index in [4.69, 9.17) is 32.4 Å². The molecule has 0 saturated heterocycles. The van der Waals surface area contributed by atoms with Crippen LogP contribution in [-0.4, -0.2) is 125 Å². The van der Waals surface area contributed by atoms with Gasteiger partial charge in [0.25, 0.3) is 0 Å². The molecule has 0 fully saturated rings. The van der Waals surface area contributed by atoms with Crippen LogP contribution < -0.4 is 139 Å². The molecule has 0 unspecified atom stereocenters. The summed E-state index contributed by atoms with van der Waals surface area (Å²) < 4.78 is 214. The van der Waals surface area contributed by atoms with Crippen molar-refractivity contribution in [1.29, 1.82) is 0 Å². The summed E-state index contributed by atoms with van der Waals surface area (Å²) in [6.45, 7) is -4.95. The van der Waals surface area contributed by atoms with Gasteiger partial charge in [0.1, 0.15) is 37.5 Å². The first-order valence-corrected chi connectivity index (χ1v) is 25.0. The number of ether oxygens (including phenoxy) is 1. The molecule has 0 atom stereocenters. The Labute approximate surface area is 463 Å². The van der Waals surface area contributed by atoms with Gasteiger partial charge in [-0.15, -0.1) is 0 Å². The predicted octanol–water partition coefficient (Wildman–Crippen LogP) is -12.1. The molecule has 2 aliphatic heterocycles. The molecule has 2 heterocycles. The molecule has 0 amide bonds. The summed E-state index contributed by atoms with van der Waals surface area (Å²) in [7, 11) is -30.4. The zero-order valence-electron chi connectivity index (χ0n) is 33.0. The molecule has 2 aromatic rings. The summed E-state index contributed by atoms with van der Waals surface area (Å²) in [5, 5.41) is 3.92. The number of hydrogen-bond acceptors (Lipinski definition) is 26. The minimum atomic E-state index is -5.37. The molecule has 38 heteroatoms. The third-order valence-corrected chi connectivity index (χ3v) is 13.3. The molecule has 2 aromatic carbocycles. The van der Waals surface area contributed by atoms with Gasteiger partial charge >= 0.3 is 118 Å². The van der Waals surface area contributed by atoms with Crippen molar-refractivity contribution in [2.45, 2.75) is 9.79 Å². The molecule has 0 aromatic heterocycles. The van der Waals surface area contributed by atoms with Crippen LogP contribution in [-0.2, 0) is 78.0 Å². The van der Waals surface area contributed by atoms with Crippen molar-refractivity contribution in [3.05, 3.63) is 39.7 Å². The van der Waals surface area contributed by atoms with Gasteiger partial charge in [-0.2, -0.15) is 0 Å². The van der Waals surface area contributed by atoms with Gasteiger partial charge in [0.05, 0.1) is 54.7 Å². The van der Waals surface area contributed by atoms with Crippen LogP contribution in [0.3, 0.4) is 0 Å². The van der Waals surface area contributed by atoms with Crippen LogP contribution in [0.4, 0.5) is 17.1 Å². The van der Waals surface area contributed by atoms with Crippen LogP contribution in [0.25, 0.3) is 22.6 Å². The summed E-state index contributed by atoms with van der Waals surface area (Å²) in [4.78, 5) is 6.76. The Morgan fingerprint density at radius 2 is 1.22 bits per heavy atom. The van der Waals surface area contributed by atoms with Gasteiger partial charge < -0.3 is 38.0 Å². The van der Waals surface area contributed by atoms with Gasteiger partial charge in [-0.3, -0.25) is 21.7 Å². The second kappa shape index (κ2) is 24.5. The minimum absolute atomic E-state index is 0. The Hall–Kier alpha value is 0.420. The zero-order valence-corrected chi connectivity index (χ0v) is 47.5. The third-order valence-electron chi connectivity index (χ3n) is 7.37. The summed E-state index contributed by atoms with van der Waals surface area (Å²) in [5.74, 6) is -3.61. The molecule has 0 radical (unpaired) electrons. The van der Waals surface area contributed by atoms with E-state index in [1.165, 1.54) is 6.07 Å². The number of benzene rings is 3. The number of nitrogens with zero attached hydrogens (tertiary/aromatic N) is 2. The molecule has 0 saturated carbocycles. The molecular weight excluding hydrogens is 1080 g/mol. The number of aromatic nitrogens is 1. The fourth-order valence-corrected chi connectivity index (χ4v) is 9.69. The maximum absolute atomic E-state index is 13.7. The first kappa shape index (κ1) is 62.4. The van der Waals surface area contributed by atoms with E-state index in [-0.39, 0.29) is 152 Å². The van der Waals surface area contributed by atoms with Gasteiger partial charge in [-0.05, 0) is 18.2 Å². The van der Waals surface area contributed by atoms with Gasteiger partial charge in [-0.25, -0.2) is 55.5 Å². The predicted molar refractivity (Wildman–Crippen MR) is 196 cm³/mol. The normalized spacial score (nSPS) is 13.2. The quantitative estimate of drug-likeness (QED) is 0.0255. The smallest absolute Gasteiger partial charge is 0.726 e. The van der Waals surface area contributed by atoms with Gasteiger partial charge in [-0.1, -0.05) is 23.2 Å². The van der Waals surface area contributed by atoms with Crippen LogP contribution in [0.15, 0.2) is 43.5 Å². The molecule has 64 heavy (non-hydrogen) atoms. The average Bonchev–Trinajstić information content (AvgIpc) is 3.10. The summed E-state index contributed by atoms with van der Waals surface area (Å²) in [6, 6.07) is 4.32. The first-order valence-electron chi connectivity index (χ1n) is 15.6. The van der Waals surface area contributed by atoms with Gasteiger partial charge in [0.15, 0.2) is 42.5 Å². The van der Waals surface area contributed by atoms with E-state index in [1.807, 2.05) is 0 Å². The van der Waals surface area contributed by atoms with E-state index in [0.29, 0.717) is 0 Å². The molecule has 332 valence electrons. The van der Waals surface area contributed by atoms with E-state index in [1.54, 1.807) is 0 Å². The zero-order chi connectivity index (χ0) is 44.6. The van der Waals surface area contributed by atoms with Crippen LogP contribution >= 0.6 is 23.2 Å². The second-order valence-corrected chi connectivity index (χ2v) is 20.5. The Morgan fingerprint density at radius 1 is 0.688 bits per heavy atom. The van der Waals surface area contributed by atoms with Gasteiger partial charge in [0, 0.05) is 18.3 Å². The number of hydrogen-bond donors (Lipinski definition) is 2. The van der Waals surface area contributed by atoms with Crippen LogP contribution in [0.5, 0.6) is 11.5 Å². The topological polar surface area (TPSA) is 406 Å². The van der Waals surface area contributed by atoms with Crippen LogP contribution in [0.2, 0.25) is 10.0 Å². The number of sulfone groups is 2. The number of anilines is 3. The second-order valence-electron chi connectivity index (χ2n) is 11.4. The van der Waals surface area contributed by atoms with E-state index in [2.05, 4.69) is 37.3 Å². The first-order chi connectivity index (χ1) is 27.6. The van der Waals surface area contributed by atoms with Crippen LogP contribution in [0.1, 0.15) is 0 Å². The van der Waals surface area contributed by atoms with Crippen molar-refractivity contribution in [3.63, 3.8) is 0 Å². The molecule has 0 bridgehead atoms. The summed E-state index contributed by atoms with van der Waals surface area (Å²) in [6.07, 6.45) is 0. The van der Waals surface area contributed by atoms with Crippen molar-refractivity contribution in [2.24, 2.45) is 4.99 Å². The molecule has 26 nitrogen and oxygen atoms in total. The van der Waals surface area contributed by atoms with Gasteiger partial charge in [0.2, 0.25) is 41.6 Å². The average molecular weight is 1100 g/mol. The monoisotopic (exact) mass is 1100 g/mol. The fourth-order valence-electron chi connectivity index (χ4n) is 5.13. The molecule has 0 spiro atoms. The van der Waals surface area contributed by atoms with Crippen LogP contribution in [0, 0.1) is 0 Å². The van der Waals surface area contributed by atoms with E-state index >= 15 is 0 Å². The number of halogens is 2. The van der Waals surface area contributed by atoms with Crippen molar-refractivity contribution in [2.75, 3.05) is 61.7 Å². The minimum Gasteiger partial charge on any atom is -0.726 e. The van der Waals surface area contributed by atoms with Crippen molar-refractivity contribution >= 4 is 113 Å². The summed E-state index contributed by atoms with van der Waals surface area (Å²) >= 11 is 13.4. The van der Waals surface area contributed by atoms with E-state index in [9.17, 15) is 68.7 Å². The van der Waals surface area contributed by atoms with Crippen molar-refractivity contribution in [3.8, 4) is 23.0 Å². The fraction of sp³-hybridized carbons (Fsp3) is 0.308. The Kier molecular flexibility index (Phi) is 23.9. The standard InChI is InChI=1S/C26H26Cl2N4O22S6.4Na/c27-18-21-25(54-23-14(31-21)1-2-15(30-4-6-50-58(40,41)42)26(23)56(35,36)10-8-52-60(46,47)48)19(28)22-24(18)53-16-11-13(29-3-5-49-57(37,38)39)12-17(20(16)32-22)55(33,34)9-7-51-59(43,44)45;;;;/h1-2,11-12,29,32H,3-10H2,(H,37,38,39)(H,40,41,42)(H,43,44,45)(H,46,47,48);;;;/q;4*+1/p-4. The number of nitrogens with one attached hydrogen (secondary N) is 2. The SMILES string of the molecule is O=S(=O)([O-])OCCN=c1ccc2nc3c(Cl)c4c(c(Cl)c3oc-2c1S(=O)(=O)CCOS(=O)(=O)[O-])Nc1c(cc(NCCOS(=O)(=O)[O-])cc1S(=O)(=O)CCOS(=O)(=O)[O-])O4.[Na+].[Na+].[Na+].[Na+]. The summed E-state index contributed by atoms with van der Waals surface area (Å²) in [5.41, 5.74) is -1.96. The van der Waals surface area contributed by atoms with Crippen molar-refractivity contribution < 1.29 is 213 Å². The Morgan fingerprint density at radius 3 is 1.78 bits per heavy atom. The Bertz CT molecular complexity index is 3110. The number of rotatable bonds is 19. The maximum atomic E-state index is 13.7. The Balaban J connectivity index is 0.00000512. The van der Waals surface area contributed by atoms with E-state index < -0.39 is 155 Å². The molecule has 1 aliphatic carbocycles. The third kappa shape index (κ3) is 17.1. The molecule has 5 rings (SSSR count). The molecule has 2 N–H and O–H groups in total. The largest absolute Gasteiger partial charge is 1.00 e. The molecular formula is C26H22Cl2N4Na4O22S6. The molecule has 3 aliphatic rings. The van der Waals surface area contributed by atoms with E-state index in [0.717, 1.165) is 18.2 Å². The number of fused-ring (bicyclic) bond motifs is 4. The van der Waals surface area contributed by atoms with Crippen molar-refractivity contribution in [1.82, 2.24) is 4.98 Å².